The number of carbonyl (C=O) groups excluding carboxylic acids is 9. The van der Waals surface area contributed by atoms with Gasteiger partial charge < -0.3 is 79.6 Å². The Labute approximate surface area is 663 Å². The molecule has 2 aromatic rings. The van der Waals surface area contributed by atoms with Crippen molar-refractivity contribution in [3.63, 3.8) is 0 Å². The first kappa shape index (κ1) is 109. The summed E-state index contributed by atoms with van der Waals surface area (Å²) in [5.41, 5.74) is 7.15. The monoisotopic (exact) mass is 1590 g/mol. The topological polar surface area (TPSA) is 388 Å². The Morgan fingerprint density at radius 3 is 1.08 bits per heavy atom. The van der Waals surface area contributed by atoms with Gasteiger partial charge in [0.1, 0.15) is 11.7 Å². The highest BCUT2D eigenvalue weighted by molar-refractivity contribution is 5.90. The largest absolute Gasteiger partial charge is 0.519 e. The van der Waals surface area contributed by atoms with Crippen LogP contribution in [0.5, 0.6) is 0 Å². The van der Waals surface area contributed by atoms with Crippen molar-refractivity contribution in [2.24, 2.45) is 41.4 Å². The van der Waals surface area contributed by atoms with E-state index in [9.17, 15) is 57.5 Å². The van der Waals surface area contributed by atoms with Crippen LogP contribution in [-0.2, 0) is 104 Å². The van der Waals surface area contributed by atoms with Gasteiger partial charge in [-0.3, -0.25) is 4.79 Å². The van der Waals surface area contributed by atoms with Gasteiger partial charge in [-0.1, -0.05) is 137 Å². The van der Waals surface area contributed by atoms with E-state index in [0.717, 1.165) is 59.1 Å². The normalized spacial score (nSPS) is 13.9. The molecule has 112 heavy (non-hydrogen) atoms. The van der Waals surface area contributed by atoms with E-state index in [0.29, 0.717) is 52.3 Å². The van der Waals surface area contributed by atoms with Crippen LogP contribution in [0.1, 0.15) is 277 Å². The Bertz CT molecular complexity index is 3580. The highest BCUT2D eigenvalue weighted by Crippen LogP contribution is 2.23. The van der Waals surface area contributed by atoms with Crippen molar-refractivity contribution in [1.29, 1.82) is 0 Å². The van der Waals surface area contributed by atoms with Gasteiger partial charge in [0.25, 0.3) is 0 Å². The predicted molar refractivity (Wildman–Crippen MR) is 419 cm³/mol. The molecule has 0 amide bonds. The first-order valence-electron chi connectivity index (χ1n) is 37.7. The molecule has 0 aromatic carbocycles. The Balaban J connectivity index is -0.000000616. The van der Waals surface area contributed by atoms with Crippen molar-refractivity contribution in [3.05, 3.63) is 112 Å². The number of aryl methyl sites for hydroxylation is 2. The summed E-state index contributed by atoms with van der Waals surface area (Å²) in [7, 11) is 0. The number of esters is 6. The summed E-state index contributed by atoms with van der Waals surface area (Å²) in [4.78, 5) is 135. The molecule has 0 aliphatic heterocycles. The number of carboxylic acids is 1. The zero-order valence-corrected chi connectivity index (χ0v) is 73.2. The van der Waals surface area contributed by atoms with Gasteiger partial charge in [-0.2, -0.15) is 0 Å². The fourth-order valence-corrected chi connectivity index (χ4v) is 7.95. The van der Waals surface area contributed by atoms with Crippen molar-refractivity contribution in [1.82, 2.24) is 0 Å². The summed E-state index contributed by atoms with van der Waals surface area (Å²) in [5.74, 6) is -2.15. The molecule has 1 saturated carbocycles. The van der Waals surface area contributed by atoms with Gasteiger partial charge >= 0.3 is 71.9 Å². The van der Waals surface area contributed by atoms with Crippen LogP contribution in [0.2, 0.25) is 0 Å². The van der Waals surface area contributed by atoms with Gasteiger partial charge in [0.15, 0.2) is 36.3 Å². The lowest BCUT2D eigenvalue weighted by molar-refractivity contribution is -0.172. The minimum absolute atomic E-state index is 0.0750. The smallest absolute Gasteiger partial charge is 0.478 e. The van der Waals surface area contributed by atoms with Crippen molar-refractivity contribution in [3.8, 4) is 0 Å². The number of carboxylic acid groups (broad SMARTS) is 1. The van der Waals surface area contributed by atoms with Gasteiger partial charge in [-0.15, -0.1) is 0 Å². The maximum atomic E-state index is 12.0. The van der Waals surface area contributed by atoms with Crippen LogP contribution in [0, 0.1) is 55.3 Å². The van der Waals surface area contributed by atoms with Crippen LogP contribution in [0.15, 0.2) is 95.1 Å². The molecule has 3 unspecified atom stereocenters. The Kier molecular flexibility index (Phi) is 55.1. The molecular formula is C83H134O29. The number of hydrogen-bond donors (Lipinski definition) is 1. The lowest BCUT2D eigenvalue weighted by atomic mass is 9.98. The molecule has 0 saturated heterocycles. The second kappa shape index (κ2) is 56.7. The summed E-state index contributed by atoms with van der Waals surface area (Å²) in [6.45, 7) is 62.2. The number of aliphatic carboxylic acids is 1. The summed E-state index contributed by atoms with van der Waals surface area (Å²) in [6.07, 6.45) is 2.73. The molecule has 2 heterocycles. The number of allylic oxidation sites excluding steroid dienone is 6. The van der Waals surface area contributed by atoms with Crippen molar-refractivity contribution >= 4 is 60.3 Å². The SMILES string of the molecule is C/C(C(=O)O)=C(/C)C(C)C.C/C(C(=O)OC(C)OC(=O)OC(C)(C)C)=C(/C)C(C)C.C/C(C(=O)OC(C)OC(=O)OC1CCCCC1)=C(/C)C(C)C.C/C(C(=O)OCc1oc(=O)oc1C)=C(/C)C(C)C.CCOC(=O)/C(C)=C(\C)C(C)C.CCOC(=O)OC(C)OC(=O)C(C)C.Cc1oc(=O)oc1COC(=O)/C=C/C(C)C. The fraction of sp³-hybridized carbons (Fsp3) is 0.663. The fourth-order valence-electron chi connectivity index (χ4n) is 7.95. The van der Waals surface area contributed by atoms with Gasteiger partial charge in [0.2, 0.25) is 18.9 Å². The molecule has 3 rings (SSSR count). The molecule has 2 aromatic heterocycles. The van der Waals surface area contributed by atoms with Crippen LogP contribution >= 0.6 is 0 Å². The van der Waals surface area contributed by atoms with Crippen LogP contribution in [0.4, 0.5) is 14.4 Å². The third kappa shape index (κ3) is 50.5. The van der Waals surface area contributed by atoms with E-state index in [1.165, 1.54) is 33.3 Å². The van der Waals surface area contributed by atoms with E-state index in [2.05, 4.69) is 36.6 Å². The maximum Gasteiger partial charge on any atom is 0.519 e. The molecule has 1 aliphatic carbocycles. The molecule has 0 radical (unpaired) electrons. The summed E-state index contributed by atoms with van der Waals surface area (Å²) in [6, 6.07) is 0. The summed E-state index contributed by atoms with van der Waals surface area (Å²) < 4.78 is 77.6. The number of hydrogen-bond acceptors (Lipinski definition) is 28. The van der Waals surface area contributed by atoms with Gasteiger partial charge in [0.05, 0.1) is 19.1 Å². The third-order valence-electron chi connectivity index (χ3n) is 16.6. The van der Waals surface area contributed by atoms with Gasteiger partial charge in [-0.25, -0.2) is 52.7 Å². The lowest BCUT2D eigenvalue weighted by Gasteiger charge is -2.22. The summed E-state index contributed by atoms with van der Waals surface area (Å²) >= 11 is 0. The predicted octanol–water partition coefficient (Wildman–Crippen LogP) is 18.9. The van der Waals surface area contributed by atoms with E-state index < -0.39 is 90.4 Å². The van der Waals surface area contributed by atoms with Crippen LogP contribution in [0.25, 0.3) is 0 Å². The third-order valence-corrected chi connectivity index (χ3v) is 16.6. The molecule has 29 heteroatoms. The average molecular weight is 1600 g/mol. The molecule has 640 valence electrons. The zero-order valence-electron chi connectivity index (χ0n) is 73.2. The van der Waals surface area contributed by atoms with E-state index in [4.69, 9.17) is 56.9 Å². The number of rotatable bonds is 26. The number of ether oxygens (including phenoxy) is 12. The molecule has 3 atom stereocenters. The van der Waals surface area contributed by atoms with Crippen molar-refractivity contribution < 1.29 is 128 Å². The molecule has 0 spiro atoms. The Hall–Kier alpha value is -9.44. The van der Waals surface area contributed by atoms with E-state index >= 15 is 0 Å². The quantitative estimate of drug-likeness (QED) is 0.0395. The average Bonchev–Trinajstić information content (AvgIpc) is 1.92. The van der Waals surface area contributed by atoms with Crippen LogP contribution < -0.4 is 11.6 Å². The lowest BCUT2D eigenvalue weighted by Crippen LogP contribution is -2.29. The minimum Gasteiger partial charge on any atom is -0.478 e. The van der Waals surface area contributed by atoms with Crippen LogP contribution in [0.3, 0.4) is 0 Å². The van der Waals surface area contributed by atoms with Crippen molar-refractivity contribution in [2.45, 2.75) is 311 Å². The van der Waals surface area contributed by atoms with E-state index in [1.807, 2.05) is 118 Å². The van der Waals surface area contributed by atoms with E-state index in [-0.39, 0.29) is 73.0 Å². The second-order valence-electron chi connectivity index (χ2n) is 29.2. The maximum absolute atomic E-state index is 12.0. The molecule has 29 nitrogen and oxygen atoms in total. The highest BCUT2D eigenvalue weighted by atomic mass is 16.8. The highest BCUT2D eigenvalue weighted by Gasteiger charge is 2.26. The molecule has 0 bridgehead atoms. The molecule has 1 N–H and O–H groups in total. The number of carbonyl (C=O) groups is 10. The first-order valence-corrected chi connectivity index (χ1v) is 37.7. The van der Waals surface area contributed by atoms with E-state index in [1.54, 1.807) is 89.2 Å². The van der Waals surface area contributed by atoms with Gasteiger partial charge in [0, 0.05) is 54.7 Å². The minimum atomic E-state index is -0.993. The van der Waals surface area contributed by atoms with Gasteiger partial charge in [-0.05, 0) is 179 Å². The standard InChI is InChI=1S/C17H28O5.C15H26O5.C13H18O5.C11H14O5.C10H18O2.C9H16O5.C8H14O2/c1-11(2)12(3)13(4)16(18)20-14(5)21-17(19)22-15-9-7-6-8-10-15;1-9(2)10(3)11(4)13(16)18-12(5)19-14(17)20-15(6,7)8;1-7(2)8(3)9(4)12(14)16-6-11-10(5)17-13(15)18-11;1-7(2)4-5-10(12)14-6-9-8(3)15-11(13)16-9;1-6-12-10(11)9(5)8(4)7(2)3;1-5-12-9(11)14-7(4)13-8(10)6(2)3;1-5(2)6(3)7(4)8(9)10/h11,14-15H,6-10H2,1-5H3;9,12H,1-8H3;7H,6H2,1-5H3;4-5,7H,6H2,1-3H3;7H,6H2,1-5H3;6-7H,5H2,1-4H3;5H,1-4H3,(H,9,10)/b13-12+;11-10+;9-8+;5-4+;9-8+;;7-6+. The zero-order chi connectivity index (χ0) is 88.0. The molecule has 1 fully saturated rings. The first-order chi connectivity index (χ1) is 51.5. The summed E-state index contributed by atoms with van der Waals surface area (Å²) in [5, 5.41) is 8.54. The Morgan fingerprint density at radius 2 is 0.759 bits per heavy atom. The van der Waals surface area contributed by atoms with Crippen LogP contribution in [-0.4, -0.2) is 109 Å². The Morgan fingerprint density at radius 1 is 0.420 bits per heavy atom. The van der Waals surface area contributed by atoms with Crippen molar-refractivity contribution in [2.75, 3.05) is 13.2 Å². The molecule has 1 aliphatic rings. The molecular weight excluding hydrogens is 1460 g/mol. The second-order valence-corrected chi connectivity index (χ2v) is 29.2.